The van der Waals surface area contributed by atoms with E-state index in [4.69, 9.17) is 0 Å². The van der Waals surface area contributed by atoms with E-state index in [0.29, 0.717) is 36.8 Å². The maximum Gasteiger partial charge on any atom is 0.416 e. The standard InChI is InChI=1S/C29H25F3N4O4/c30-29(31,32)20-3-1-4-21(14-20)35-23-5-2-6-24(38)25(23)26(19-10-7-17(15-33)8-11-19)36(28(35)40)27(39)34-16-18-9-12-22(37)13-18/h1,3-4,7-8,10-11,14,18,26H,2,5-6,9,12-13,16H2,(H,34,39). The third-order valence-electron chi connectivity index (χ3n) is 7.52. The largest absolute Gasteiger partial charge is 0.416 e. The average molecular weight is 551 g/mol. The number of nitrogens with zero attached hydrogens (tertiary/aromatic N) is 3. The van der Waals surface area contributed by atoms with Gasteiger partial charge in [0.2, 0.25) is 0 Å². The van der Waals surface area contributed by atoms with Gasteiger partial charge in [-0.3, -0.25) is 14.5 Å². The summed E-state index contributed by atoms with van der Waals surface area (Å²) < 4.78 is 40.7. The first kappa shape index (κ1) is 27.1. The van der Waals surface area contributed by atoms with E-state index in [1.165, 1.54) is 24.3 Å². The van der Waals surface area contributed by atoms with Crippen molar-refractivity contribution < 1.29 is 32.3 Å². The number of carbonyl (C=O) groups excluding carboxylic acids is 4. The van der Waals surface area contributed by atoms with Gasteiger partial charge in [-0.15, -0.1) is 0 Å². The minimum atomic E-state index is -4.67. The van der Waals surface area contributed by atoms with Crippen molar-refractivity contribution in [2.75, 3.05) is 11.4 Å². The number of ketones is 2. The van der Waals surface area contributed by atoms with Crippen LogP contribution in [0.4, 0.5) is 28.4 Å². The molecule has 11 heteroatoms. The zero-order valence-corrected chi connectivity index (χ0v) is 21.3. The Hall–Kier alpha value is -4.46. The molecule has 1 aliphatic heterocycles. The molecule has 2 unspecified atom stereocenters. The van der Waals surface area contributed by atoms with Crippen molar-refractivity contribution >= 4 is 29.3 Å². The number of urea groups is 2. The fraction of sp³-hybridized carbons (Fsp3) is 0.345. The highest BCUT2D eigenvalue weighted by molar-refractivity contribution is 6.11. The van der Waals surface area contributed by atoms with E-state index < -0.39 is 29.8 Å². The van der Waals surface area contributed by atoms with Crippen molar-refractivity contribution in [1.29, 1.82) is 5.26 Å². The number of imide groups is 1. The highest BCUT2D eigenvalue weighted by Crippen LogP contribution is 2.45. The molecule has 0 bridgehead atoms. The summed E-state index contributed by atoms with van der Waals surface area (Å²) in [6, 6.07) is 9.45. The van der Waals surface area contributed by atoms with Gasteiger partial charge in [-0.2, -0.15) is 18.4 Å². The van der Waals surface area contributed by atoms with Crippen LogP contribution in [0.25, 0.3) is 0 Å². The number of nitrogens with one attached hydrogen (secondary N) is 1. The second-order valence-corrected chi connectivity index (χ2v) is 10.1. The quantitative estimate of drug-likeness (QED) is 0.529. The number of nitriles is 1. The van der Waals surface area contributed by atoms with Gasteiger partial charge in [0, 0.05) is 37.1 Å². The summed E-state index contributed by atoms with van der Waals surface area (Å²) in [5.41, 5.74) is 0.0600. The van der Waals surface area contributed by atoms with Crippen LogP contribution in [-0.4, -0.2) is 35.1 Å². The van der Waals surface area contributed by atoms with Crippen LogP contribution in [-0.2, 0) is 15.8 Å². The molecule has 2 atom stereocenters. The van der Waals surface area contributed by atoms with Crippen molar-refractivity contribution in [3.63, 3.8) is 0 Å². The van der Waals surface area contributed by atoms with E-state index in [1.54, 1.807) is 12.1 Å². The SMILES string of the molecule is N#Cc1ccc(C2C3=C(CCCC3=O)N(c3cccc(C(F)(F)F)c3)C(=O)N2C(=O)NCC2CCC(=O)C2)cc1. The normalized spacial score (nSPS) is 21.4. The highest BCUT2D eigenvalue weighted by Gasteiger charge is 2.47. The van der Waals surface area contributed by atoms with Gasteiger partial charge in [-0.1, -0.05) is 18.2 Å². The van der Waals surface area contributed by atoms with E-state index in [1.807, 2.05) is 6.07 Å². The molecule has 1 heterocycles. The summed E-state index contributed by atoms with van der Waals surface area (Å²) in [7, 11) is 0. The second kappa shape index (κ2) is 10.6. The van der Waals surface area contributed by atoms with Gasteiger partial charge in [0.15, 0.2) is 5.78 Å². The zero-order chi connectivity index (χ0) is 28.6. The number of rotatable bonds is 4. The fourth-order valence-corrected chi connectivity index (χ4v) is 5.58. The van der Waals surface area contributed by atoms with E-state index >= 15 is 0 Å². The lowest BCUT2D eigenvalue weighted by atomic mass is 9.83. The molecule has 0 radical (unpaired) electrons. The molecule has 8 nitrogen and oxygen atoms in total. The number of anilines is 1. The van der Waals surface area contributed by atoms with Crippen LogP contribution in [0.1, 0.15) is 61.3 Å². The number of alkyl halides is 3. The third kappa shape index (κ3) is 5.09. The monoisotopic (exact) mass is 550 g/mol. The van der Waals surface area contributed by atoms with Gasteiger partial charge in [0.25, 0.3) is 0 Å². The molecule has 2 aliphatic carbocycles. The molecule has 4 amide bonds. The maximum atomic E-state index is 14.1. The fourth-order valence-electron chi connectivity index (χ4n) is 5.58. The van der Waals surface area contributed by atoms with Crippen LogP contribution in [0.15, 0.2) is 59.8 Å². The molecule has 5 rings (SSSR count). The van der Waals surface area contributed by atoms with Crippen LogP contribution in [0.3, 0.4) is 0 Å². The lowest BCUT2D eigenvalue weighted by molar-refractivity contribution is -0.137. The molecule has 1 N–H and O–H groups in total. The van der Waals surface area contributed by atoms with Crippen molar-refractivity contribution in [3.8, 4) is 6.07 Å². The lowest BCUT2D eigenvalue weighted by Crippen LogP contribution is -2.57. The van der Waals surface area contributed by atoms with Gasteiger partial charge in [-0.05, 0) is 61.1 Å². The molecular formula is C29H25F3N4O4. The van der Waals surface area contributed by atoms with Crippen LogP contribution in [0, 0.1) is 17.2 Å². The molecule has 1 saturated carbocycles. The van der Waals surface area contributed by atoms with Gasteiger partial charge in [0.1, 0.15) is 5.78 Å². The predicted molar refractivity (Wildman–Crippen MR) is 137 cm³/mol. The number of allylic oxidation sites excluding steroid dienone is 1. The van der Waals surface area contributed by atoms with E-state index in [9.17, 15) is 37.6 Å². The van der Waals surface area contributed by atoms with E-state index in [-0.39, 0.29) is 53.8 Å². The number of hydrogen-bond donors (Lipinski definition) is 1. The van der Waals surface area contributed by atoms with Crippen LogP contribution >= 0.6 is 0 Å². The number of halogens is 3. The van der Waals surface area contributed by atoms with Crippen molar-refractivity contribution in [2.45, 2.75) is 50.7 Å². The Morgan fingerprint density at radius 3 is 2.45 bits per heavy atom. The number of benzene rings is 2. The van der Waals surface area contributed by atoms with Crippen LogP contribution in [0.5, 0.6) is 0 Å². The maximum absolute atomic E-state index is 14.1. The van der Waals surface area contributed by atoms with Gasteiger partial charge < -0.3 is 5.32 Å². The lowest BCUT2D eigenvalue weighted by Gasteiger charge is -2.44. The number of carbonyl (C=O) groups is 4. The summed E-state index contributed by atoms with van der Waals surface area (Å²) in [6.07, 6.45) is -2.58. The van der Waals surface area contributed by atoms with Gasteiger partial charge in [-0.25, -0.2) is 14.5 Å². The topological polar surface area (TPSA) is 111 Å². The number of Topliss-reactive ketones (excluding diaryl/α,β-unsaturated/α-hetero) is 2. The summed E-state index contributed by atoms with van der Waals surface area (Å²) in [5.74, 6) is -0.336. The Morgan fingerprint density at radius 1 is 1.05 bits per heavy atom. The smallest absolute Gasteiger partial charge is 0.337 e. The van der Waals surface area contributed by atoms with Gasteiger partial charge in [0.05, 0.1) is 28.9 Å². The Bertz CT molecular complexity index is 1460. The first-order valence-electron chi connectivity index (χ1n) is 12.9. The second-order valence-electron chi connectivity index (χ2n) is 10.1. The molecule has 0 aromatic heterocycles. The Morgan fingerprint density at radius 2 is 1.80 bits per heavy atom. The van der Waals surface area contributed by atoms with Crippen molar-refractivity contribution in [1.82, 2.24) is 10.2 Å². The highest BCUT2D eigenvalue weighted by atomic mass is 19.4. The summed E-state index contributed by atoms with van der Waals surface area (Å²) >= 11 is 0. The molecule has 0 spiro atoms. The van der Waals surface area contributed by atoms with E-state index in [2.05, 4.69) is 5.32 Å². The molecular weight excluding hydrogens is 525 g/mol. The summed E-state index contributed by atoms with van der Waals surface area (Å²) in [5, 5.41) is 11.9. The minimum Gasteiger partial charge on any atom is -0.337 e. The van der Waals surface area contributed by atoms with Crippen molar-refractivity contribution in [2.24, 2.45) is 5.92 Å². The number of amides is 4. The van der Waals surface area contributed by atoms with Crippen molar-refractivity contribution in [3.05, 3.63) is 76.5 Å². The first-order chi connectivity index (χ1) is 19.1. The Labute approximate surface area is 228 Å². The molecule has 3 aliphatic rings. The first-order valence-corrected chi connectivity index (χ1v) is 12.9. The van der Waals surface area contributed by atoms with Crippen LogP contribution < -0.4 is 10.2 Å². The molecule has 40 heavy (non-hydrogen) atoms. The minimum absolute atomic E-state index is 0.0853. The predicted octanol–water partition coefficient (Wildman–Crippen LogP) is 5.65. The molecule has 2 aromatic carbocycles. The van der Waals surface area contributed by atoms with Gasteiger partial charge >= 0.3 is 18.2 Å². The molecule has 0 saturated heterocycles. The summed E-state index contributed by atoms with van der Waals surface area (Å²) in [6.45, 7) is 0.123. The molecule has 2 aromatic rings. The third-order valence-corrected chi connectivity index (χ3v) is 7.52. The molecule has 1 fully saturated rings. The van der Waals surface area contributed by atoms with Crippen LogP contribution in [0.2, 0.25) is 0 Å². The Balaban J connectivity index is 1.63. The number of hydrogen-bond acceptors (Lipinski definition) is 5. The zero-order valence-electron chi connectivity index (χ0n) is 21.3. The van der Waals surface area contributed by atoms with E-state index in [0.717, 1.165) is 21.9 Å². The molecule has 206 valence electrons. The Kier molecular flexibility index (Phi) is 7.19. The average Bonchev–Trinajstić information content (AvgIpc) is 3.36. The summed E-state index contributed by atoms with van der Waals surface area (Å²) in [4.78, 5) is 54.7.